The Hall–Kier alpha value is -3.27. The van der Waals surface area contributed by atoms with E-state index in [1.807, 2.05) is 60.8 Å². The molecule has 2 heterocycles. The van der Waals surface area contributed by atoms with Crippen LogP contribution in [0.1, 0.15) is 11.1 Å². The van der Waals surface area contributed by atoms with Crippen molar-refractivity contribution in [2.24, 2.45) is 0 Å². The molecule has 0 saturated heterocycles. The standard InChI is InChI=1S/C21H17N3O/c1-15-6-4-7-16(12-15)14-25-20-11-5-10-19(23-20)21-22-13-17-8-2-3-9-18(17)24-21/h2-13H,14H2,1H3. The Labute approximate surface area is 146 Å². The highest BCUT2D eigenvalue weighted by Gasteiger charge is 2.06. The fourth-order valence-electron chi connectivity index (χ4n) is 2.67. The SMILES string of the molecule is Cc1cccc(COc2cccc(-c3ncc4ccccc4n3)n2)c1. The van der Waals surface area contributed by atoms with E-state index in [4.69, 9.17) is 4.74 Å². The minimum atomic E-state index is 0.483. The molecule has 0 aliphatic heterocycles. The Morgan fingerprint density at radius 1 is 0.880 bits per heavy atom. The molecule has 0 fully saturated rings. The van der Waals surface area contributed by atoms with Crippen molar-refractivity contribution in [3.63, 3.8) is 0 Å². The van der Waals surface area contributed by atoms with Crippen molar-refractivity contribution in [3.8, 4) is 17.4 Å². The number of aromatic nitrogens is 3. The van der Waals surface area contributed by atoms with Crippen molar-refractivity contribution < 1.29 is 4.74 Å². The number of pyridine rings is 1. The first-order valence-electron chi connectivity index (χ1n) is 8.15. The van der Waals surface area contributed by atoms with E-state index in [1.54, 1.807) is 0 Å². The van der Waals surface area contributed by atoms with E-state index in [9.17, 15) is 0 Å². The second-order valence-corrected chi connectivity index (χ2v) is 5.89. The van der Waals surface area contributed by atoms with Gasteiger partial charge in [-0.2, -0.15) is 0 Å². The Kier molecular flexibility index (Phi) is 4.09. The second-order valence-electron chi connectivity index (χ2n) is 5.89. The average Bonchev–Trinajstić information content (AvgIpc) is 2.66. The van der Waals surface area contributed by atoms with E-state index in [-0.39, 0.29) is 0 Å². The Morgan fingerprint density at radius 2 is 1.76 bits per heavy atom. The number of ether oxygens (including phenoxy) is 1. The number of hydrogen-bond acceptors (Lipinski definition) is 4. The summed E-state index contributed by atoms with van der Waals surface area (Å²) < 4.78 is 5.83. The number of hydrogen-bond donors (Lipinski definition) is 0. The molecular formula is C21H17N3O. The van der Waals surface area contributed by atoms with Gasteiger partial charge in [-0.1, -0.05) is 54.1 Å². The molecule has 4 aromatic rings. The fraction of sp³-hybridized carbons (Fsp3) is 0.0952. The van der Waals surface area contributed by atoms with Gasteiger partial charge in [-0.25, -0.2) is 15.0 Å². The maximum atomic E-state index is 5.83. The summed E-state index contributed by atoms with van der Waals surface area (Å²) >= 11 is 0. The maximum absolute atomic E-state index is 5.83. The minimum absolute atomic E-state index is 0.483. The molecule has 25 heavy (non-hydrogen) atoms. The van der Waals surface area contributed by atoms with Gasteiger partial charge in [0.05, 0.1) is 5.52 Å². The van der Waals surface area contributed by atoms with Gasteiger partial charge in [0, 0.05) is 17.6 Å². The smallest absolute Gasteiger partial charge is 0.214 e. The Balaban J connectivity index is 1.57. The van der Waals surface area contributed by atoms with Gasteiger partial charge >= 0.3 is 0 Å². The predicted octanol–water partition coefficient (Wildman–Crippen LogP) is 4.58. The van der Waals surface area contributed by atoms with Gasteiger partial charge < -0.3 is 4.74 Å². The normalized spacial score (nSPS) is 10.8. The van der Waals surface area contributed by atoms with E-state index < -0.39 is 0 Å². The quantitative estimate of drug-likeness (QED) is 0.550. The van der Waals surface area contributed by atoms with Crippen molar-refractivity contribution in [3.05, 3.63) is 84.1 Å². The van der Waals surface area contributed by atoms with Crippen LogP contribution >= 0.6 is 0 Å². The summed E-state index contributed by atoms with van der Waals surface area (Å²) in [5, 5.41) is 1.01. The van der Waals surface area contributed by atoms with Gasteiger partial charge in [0.2, 0.25) is 5.88 Å². The zero-order valence-corrected chi connectivity index (χ0v) is 13.9. The molecule has 0 aliphatic carbocycles. The van der Waals surface area contributed by atoms with Crippen LogP contribution in [0.4, 0.5) is 0 Å². The highest BCUT2D eigenvalue weighted by Crippen LogP contribution is 2.19. The largest absolute Gasteiger partial charge is 0.473 e. The maximum Gasteiger partial charge on any atom is 0.214 e. The van der Waals surface area contributed by atoms with E-state index in [1.165, 1.54) is 5.56 Å². The monoisotopic (exact) mass is 327 g/mol. The molecule has 0 N–H and O–H groups in total. The number of benzene rings is 2. The summed E-state index contributed by atoms with van der Waals surface area (Å²) in [6.45, 7) is 2.55. The summed E-state index contributed by atoms with van der Waals surface area (Å²) in [6.07, 6.45) is 1.82. The van der Waals surface area contributed by atoms with Crippen LogP contribution in [-0.4, -0.2) is 15.0 Å². The minimum Gasteiger partial charge on any atom is -0.473 e. The lowest BCUT2D eigenvalue weighted by molar-refractivity contribution is 0.294. The van der Waals surface area contributed by atoms with Crippen molar-refractivity contribution in [1.29, 1.82) is 0 Å². The van der Waals surface area contributed by atoms with Gasteiger partial charge in [0.15, 0.2) is 5.82 Å². The van der Waals surface area contributed by atoms with Crippen molar-refractivity contribution in [2.45, 2.75) is 13.5 Å². The third-order valence-electron chi connectivity index (χ3n) is 3.91. The Morgan fingerprint density at radius 3 is 2.68 bits per heavy atom. The van der Waals surface area contributed by atoms with E-state index >= 15 is 0 Å². The van der Waals surface area contributed by atoms with Crippen LogP contribution in [0.15, 0.2) is 72.9 Å². The molecule has 0 saturated carbocycles. The molecule has 0 aliphatic rings. The lowest BCUT2D eigenvalue weighted by Gasteiger charge is -2.07. The third kappa shape index (κ3) is 3.48. The highest BCUT2D eigenvalue weighted by atomic mass is 16.5. The van der Waals surface area contributed by atoms with Crippen LogP contribution < -0.4 is 4.74 Å². The molecule has 0 unspecified atom stereocenters. The fourth-order valence-corrected chi connectivity index (χ4v) is 2.67. The van der Waals surface area contributed by atoms with E-state index in [0.717, 1.165) is 16.5 Å². The first-order valence-corrected chi connectivity index (χ1v) is 8.15. The molecule has 4 rings (SSSR count). The van der Waals surface area contributed by atoms with Gasteiger partial charge in [0.1, 0.15) is 12.3 Å². The molecule has 122 valence electrons. The third-order valence-corrected chi connectivity index (χ3v) is 3.91. The molecule has 0 amide bonds. The molecule has 4 heteroatoms. The summed E-state index contributed by atoms with van der Waals surface area (Å²) in [5.41, 5.74) is 3.94. The molecule has 0 spiro atoms. The van der Waals surface area contributed by atoms with Crippen LogP contribution in [0.2, 0.25) is 0 Å². The van der Waals surface area contributed by atoms with Crippen LogP contribution in [0.3, 0.4) is 0 Å². The summed E-state index contributed by atoms with van der Waals surface area (Å²) in [4.78, 5) is 13.5. The molecular weight excluding hydrogens is 310 g/mol. The molecule has 0 radical (unpaired) electrons. The topological polar surface area (TPSA) is 47.9 Å². The number of rotatable bonds is 4. The van der Waals surface area contributed by atoms with Crippen LogP contribution in [-0.2, 0) is 6.61 Å². The van der Waals surface area contributed by atoms with Gasteiger partial charge in [-0.05, 0) is 24.6 Å². The summed E-state index contributed by atoms with van der Waals surface area (Å²) in [5.74, 6) is 1.16. The van der Waals surface area contributed by atoms with Crippen LogP contribution in [0.5, 0.6) is 5.88 Å². The zero-order valence-electron chi connectivity index (χ0n) is 13.9. The van der Waals surface area contributed by atoms with Crippen molar-refractivity contribution in [2.75, 3.05) is 0 Å². The predicted molar refractivity (Wildman–Crippen MR) is 98.3 cm³/mol. The first-order chi connectivity index (χ1) is 12.3. The lowest BCUT2D eigenvalue weighted by Crippen LogP contribution is -1.99. The molecule has 4 nitrogen and oxygen atoms in total. The van der Waals surface area contributed by atoms with E-state index in [0.29, 0.717) is 24.0 Å². The second kappa shape index (κ2) is 6.69. The molecule has 2 aromatic heterocycles. The first kappa shape index (κ1) is 15.3. The number of para-hydroxylation sites is 1. The highest BCUT2D eigenvalue weighted by molar-refractivity contribution is 5.79. The van der Waals surface area contributed by atoms with Gasteiger partial charge in [-0.15, -0.1) is 0 Å². The van der Waals surface area contributed by atoms with Crippen LogP contribution in [0, 0.1) is 6.92 Å². The summed E-state index contributed by atoms with van der Waals surface area (Å²) in [6, 6.07) is 21.8. The number of nitrogens with zero attached hydrogens (tertiary/aromatic N) is 3. The number of fused-ring (bicyclic) bond motifs is 1. The van der Waals surface area contributed by atoms with Crippen molar-refractivity contribution >= 4 is 10.9 Å². The molecule has 0 atom stereocenters. The van der Waals surface area contributed by atoms with Crippen LogP contribution in [0.25, 0.3) is 22.4 Å². The van der Waals surface area contributed by atoms with Gasteiger partial charge in [-0.3, -0.25) is 0 Å². The number of aryl methyl sites for hydroxylation is 1. The van der Waals surface area contributed by atoms with E-state index in [2.05, 4.69) is 34.0 Å². The zero-order chi connectivity index (χ0) is 17.1. The Bertz CT molecular complexity index is 1030. The van der Waals surface area contributed by atoms with Gasteiger partial charge in [0.25, 0.3) is 0 Å². The summed E-state index contributed by atoms with van der Waals surface area (Å²) in [7, 11) is 0. The molecule has 2 aromatic carbocycles. The average molecular weight is 327 g/mol. The lowest BCUT2D eigenvalue weighted by atomic mass is 10.1. The van der Waals surface area contributed by atoms with Crippen molar-refractivity contribution in [1.82, 2.24) is 15.0 Å². The molecule has 0 bridgehead atoms.